The van der Waals surface area contributed by atoms with Gasteiger partial charge in [0, 0.05) is 91.1 Å². The van der Waals surface area contributed by atoms with Crippen molar-refractivity contribution in [3.05, 3.63) is 0 Å². The summed E-state index contributed by atoms with van der Waals surface area (Å²) in [5.74, 6) is -0.222. The average Bonchev–Trinajstić information content (AvgIpc) is 2.95. The Morgan fingerprint density at radius 1 is 0.605 bits per heavy atom. The molecule has 0 atom stereocenters. The number of amides is 3. The molecule has 0 spiro atoms. The van der Waals surface area contributed by atoms with Gasteiger partial charge in [-0.05, 0) is 40.1 Å². The van der Waals surface area contributed by atoms with Crippen LogP contribution in [0.4, 0.5) is 0 Å². The fourth-order valence-corrected chi connectivity index (χ4v) is 0. The van der Waals surface area contributed by atoms with Gasteiger partial charge in [0.05, 0.1) is 14.2 Å². The number of hydrogen-bond acceptors (Lipinski definition) is 11. The Labute approximate surface area is 263 Å². The number of aliphatic imine (C=N–C) groups is 2. The average molecular weight is 630 g/mol. The topological polar surface area (TPSA) is 182 Å². The van der Waals surface area contributed by atoms with Crippen molar-refractivity contribution in [1.82, 2.24) is 15.5 Å². The second kappa shape index (κ2) is 77.0. The lowest BCUT2D eigenvalue weighted by Gasteiger charge is -2.02. The van der Waals surface area contributed by atoms with E-state index < -0.39 is 0 Å². The molecule has 0 aromatic carbocycles. The van der Waals surface area contributed by atoms with E-state index in [-0.39, 0.29) is 35.4 Å². The van der Waals surface area contributed by atoms with Crippen LogP contribution in [-0.2, 0) is 43.0 Å². The van der Waals surface area contributed by atoms with E-state index >= 15 is 0 Å². The van der Waals surface area contributed by atoms with Crippen molar-refractivity contribution in [1.29, 1.82) is 0 Å². The fourth-order valence-electron chi connectivity index (χ4n) is 0. The normalized spacial score (nSPS) is 7.19. The summed E-state index contributed by atoms with van der Waals surface area (Å²) < 4.78 is 12.5. The number of carbonyl (C=O) groups is 6. The Kier molecular flexibility index (Phi) is 120. The number of carbonyl (C=O) groups excluding carboxylic acids is 6. The summed E-state index contributed by atoms with van der Waals surface area (Å²) in [4.78, 5) is 66.8. The molecule has 43 heavy (non-hydrogen) atoms. The number of ketones is 1. The first-order valence-electron chi connectivity index (χ1n) is 12.9. The lowest BCUT2D eigenvalue weighted by Crippen LogP contribution is -2.17. The summed E-state index contributed by atoms with van der Waals surface area (Å²) in [6, 6.07) is 0. The molecule has 262 valence electrons. The van der Waals surface area contributed by atoms with Crippen LogP contribution in [0.15, 0.2) is 9.98 Å². The van der Waals surface area contributed by atoms with Crippen LogP contribution in [0.3, 0.4) is 0 Å². The van der Waals surface area contributed by atoms with Crippen molar-refractivity contribution in [2.75, 3.05) is 70.7 Å². The molecule has 14 nitrogen and oxygen atoms in total. The summed E-state index contributed by atoms with van der Waals surface area (Å²) in [6.07, 6.45) is 3.50. The molecule has 0 saturated carbocycles. The zero-order valence-electron chi connectivity index (χ0n) is 31.2. The van der Waals surface area contributed by atoms with Crippen molar-refractivity contribution >= 4 is 47.9 Å². The van der Waals surface area contributed by atoms with E-state index in [0.717, 1.165) is 0 Å². The van der Waals surface area contributed by atoms with Crippen LogP contribution in [0.2, 0.25) is 0 Å². The highest BCUT2D eigenvalue weighted by molar-refractivity contribution is 5.73. The second-order valence-corrected chi connectivity index (χ2v) is 6.77. The van der Waals surface area contributed by atoms with E-state index in [4.69, 9.17) is 0 Å². The van der Waals surface area contributed by atoms with Gasteiger partial charge in [0.15, 0.2) is 0 Å². The number of methoxy groups -OCH3 is 3. The molecule has 0 heterocycles. The van der Waals surface area contributed by atoms with E-state index in [9.17, 15) is 28.8 Å². The SMILES string of the molecule is CC.CC(=O)N(C)C.CC(C)=O.CC=NC.CC=NC.CNC(C)=O.CNC(C)=O.COC.COC(C)=O.COC(C)=O. The summed E-state index contributed by atoms with van der Waals surface area (Å²) in [5, 5.41) is 4.78. The molecular formula is C29H67N5O9. The first-order valence-corrected chi connectivity index (χ1v) is 12.9. The standard InChI is InChI=1S/C4H9NO.2C3H7NO.2C3H7N.2C3H6O2.C3H6O.C2H6O.C2H6/c1-4(6)5(2)3;2*1-3(5)4-2;2*1-3-4-2;2*1-3(4)5-2;1-3(2)4;1-3-2;1-2/h1-3H3;2*1-2H3,(H,4,5);2*3H,1-2H3;2*1-2H3;1-2H3;1-2H3;1-2H3. The largest absolute Gasteiger partial charge is 0.469 e. The highest BCUT2D eigenvalue weighted by atomic mass is 16.5. The van der Waals surface area contributed by atoms with Crippen molar-refractivity contribution < 1.29 is 43.0 Å². The quantitative estimate of drug-likeness (QED) is 0.300. The van der Waals surface area contributed by atoms with Gasteiger partial charge >= 0.3 is 11.9 Å². The molecule has 3 amide bonds. The third kappa shape index (κ3) is 475. The van der Waals surface area contributed by atoms with Crippen LogP contribution in [0.1, 0.15) is 76.2 Å². The van der Waals surface area contributed by atoms with E-state index in [1.54, 1.807) is 68.9 Å². The Morgan fingerprint density at radius 3 is 0.698 bits per heavy atom. The number of esters is 2. The number of ether oxygens (including phenoxy) is 3. The molecule has 2 N–H and O–H groups in total. The molecule has 0 aromatic heterocycles. The molecule has 0 aromatic rings. The minimum Gasteiger partial charge on any atom is -0.469 e. The van der Waals surface area contributed by atoms with E-state index in [0.29, 0.717) is 0 Å². The molecule has 0 bridgehead atoms. The first-order chi connectivity index (χ1) is 19.7. The zero-order valence-corrected chi connectivity index (χ0v) is 31.2. The molecule has 0 aliphatic rings. The maximum absolute atomic E-state index is 10.1. The molecule has 0 aliphatic heterocycles. The number of Topliss-reactive ketones (excluding diaryl/α,β-unsaturated/α-hetero) is 1. The molecule has 0 fully saturated rings. The molecule has 0 aliphatic carbocycles. The Balaban J connectivity index is -0.0000000355. The van der Waals surface area contributed by atoms with Crippen molar-refractivity contribution in [2.24, 2.45) is 9.98 Å². The van der Waals surface area contributed by atoms with Crippen molar-refractivity contribution in [3.63, 3.8) is 0 Å². The van der Waals surface area contributed by atoms with E-state index in [1.807, 2.05) is 27.7 Å². The van der Waals surface area contributed by atoms with Gasteiger partial charge in [-0.15, -0.1) is 0 Å². The van der Waals surface area contributed by atoms with Crippen LogP contribution in [0.25, 0.3) is 0 Å². The predicted octanol–water partition coefficient (Wildman–Crippen LogP) is 3.26. The lowest BCUT2D eigenvalue weighted by atomic mass is 10.6. The molecule has 0 radical (unpaired) electrons. The summed E-state index contributed by atoms with van der Waals surface area (Å²) in [7, 11) is 16.1. The van der Waals surface area contributed by atoms with Gasteiger partial charge < -0.3 is 44.5 Å². The number of nitrogens with one attached hydrogen (secondary N) is 2. The van der Waals surface area contributed by atoms with E-state index in [2.05, 4.69) is 34.8 Å². The monoisotopic (exact) mass is 629 g/mol. The van der Waals surface area contributed by atoms with Crippen molar-refractivity contribution in [2.45, 2.75) is 76.2 Å². The Hall–Kier alpha value is -3.68. The van der Waals surface area contributed by atoms with Crippen LogP contribution in [0, 0.1) is 0 Å². The van der Waals surface area contributed by atoms with Crippen LogP contribution < -0.4 is 10.6 Å². The first kappa shape index (κ1) is 67.2. The Bertz CT molecular complexity index is 562. The smallest absolute Gasteiger partial charge is 0.302 e. The molecular weight excluding hydrogens is 562 g/mol. The van der Waals surface area contributed by atoms with Gasteiger partial charge in [-0.3, -0.25) is 24.0 Å². The highest BCUT2D eigenvalue weighted by Crippen LogP contribution is 1.69. The predicted molar refractivity (Wildman–Crippen MR) is 180 cm³/mol. The Morgan fingerprint density at radius 2 is 0.698 bits per heavy atom. The molecule has 0 rings (SSSR count). The molecule has 0 saturated heterocycles. The summed E-state index contributed by atoms with van der Waals surface area (Å²) >= 11 is 0. The maximum atomic E-state index is 10.1. The van der Waals surface area contributed by atoms with Gasteiger partial charge in [-0.2, -0.15) is 0 Å². The maximum Gasteiger partial charge on any atom is 0.302 e. The fraction of sp³-hybridized carbons (Fsp3) is 0.724. The van der Waals surface area contributed by atoms with Crippen LogP contribution >= 0.6 is 0 Å². The molecule has 14 heteroatoms. The molecule has 0 unspecified atom stereocenters. The zero-order chi connectivity index (χ0) is 37.4. The number of hydrogen-bond donors (Lipinski definition) is 2. The van der Waals surface area contributed by atoms with Gasteiger partial charge in [0.2, 0.25) is 17.7 Å². The highest BCUT2D eigenvalue weighted by Gasteiger charge is 1.87. The summed E-state index contributed by atoms with van der Waals surface area (Å²) in [6.45, 7) is 18.0. The van der Waals surface area contributed by atoms with Gasteiger partial charge in [0.1, 0.15) is 5.78 Å². The summed E-state index contributed by atoms with van der Waals surface area (Å²) in [5.41, 5.74) is 0. The lowest BCUT2D eigenvalue weighted by molar-refractivity contribution is -0.138. The van der Waals surface area contributed by atoms with Crippen LogP contribution in [-0.4, -0.2) is 123 Å². The number of nitrogens with zero attached hydrogens (tertiary/aromatic N) is 3. The van der Waals surface area contributed by atoms with Gasteiger partial charge in [-0.1, -0.05) is 13.8 Å². The second-order valence-electron chi connectivity index (χ2n) is 6.77. The number of rotatable bonds is 0. The minimum absolute atomic E-state index is 0.00463. The van der Waals surface area contributed by atoms with E-state index in [1.165, 1.54) is 67.6 Å². The third-order valence-electron chi connectivity index (χ3n) is 2.43. The third-order valence-corrected chi connectivity index (χ3v) is 2.43. The van der Waals surface area contributed by atoms with Crippen LogP contribution in [0.5, 0.6) is 0 Å². The minimum atomic E-state index is -0.245. The van der Waals surface area contributed by atoms with Gasteiger partial charge in [-0.25, -0.2) is 0 Å². The van der Waals surface area contributed by atoms with Crippen molar-refractivity contribution in [3.8, 4) is 0 Å². The van der Waals surface area contributed by atoms with Gasteiger partial charge in [0.25, 0.3) is 0 Å².